The van der Waals surface area contributed by atoms with Crippen molar-refractivity contribution < 1.29 is 9.13 Å². The summed E-state index contributed by atoms with van der Waals surface area (Å²) in [6, 6.07) is 8.74. The molecule has 0 saturated heterocycles. The molecule has 1 aliphatic carbocycles. The predicted octanol–water partition coefficient (Wildman–Crippen LogP) is 3.02. The molecule has 0 spiro atoms. The first-order valence-electron chi connectivity index (χ1n) is 6.62. The SMILES string of the molecule is CC(CC(C)(C#N)NC1CC1)Oc1ccc(F)cc1. The minimum Gasteiger partial charge on any atom is -0.491 e. The number of hydrogen-bond acceptors (Lipinski definition) is 3. The van der Waals surface area contributed by atoms with E-state index in [-0.39, 0.29) is 11.9 Å². The summed E-state index contributed by atoms with van der Waals surface area (Å²) in [7, 11) is 0. The predicted molar refractivity (Wildman–Crippen MR) is 71.3 cm³/mol. The molecule has 0 radical (unpaired) electrons. The van der Waals surface area contributed by atoms with Gasteiger partial charge < -0.3 is 4.74 Å². The summed E-state index contributed by atoms with van der Waals surface area (Å²) >= 11 is 0. The number of hydrogen-bond donors (Lipinski definition) is 1. The average molecular weight is 262 g/mol. The van der Waals surface area contributed by atoms with Gasteiger partial charge in [0.2, 0.25) is 0 Å². The molecule has 19 heavy (non-hydrogen) atoms. The van der Waals surface area contributed by atoms with Crippen LogP contribution in [0, 0.1) is 17.1 Å². The van der Waals surface area contributed by atoms with Gasteiger partial charge in [-0.3, -0.25) is 5.32 Å². The largest absolute Gasteiger partial charge is 0.491 e. The van der Waals surface area contributed by atoms with Crippen molar-refractivity contribution in [3.63, 3.8) is 0 Å². The van der Waals surface area contributed by atoms with Gasteiger partial charge in [0.1, 0.15) is 17.1 Å². The van der Waals surface area contributed by atoms with E-state index < -0.39 is 5.54 Å². The summed E-state index contributed by atoms with van der Waals surface area (Å²) in [6.07, 6.45) is 2.77. The Bertz CT molecular complexity index is 464. The Kier molecular flexibility index (Phi) is 4.06. The van der Waals surface area contributed by atoms with Crippen molar-refractivity contribution in [2.75, 3.05) is 0 Å². The summed E-state index contributed by atoms with van der Waals surface area (Å²) in [6.45, 7) is 3.82. The Morgan fingerprint density at radius 2 is 2.11 bits per heavy atom. The molecule has 0 aliphatic heterocycles. The van der Waals surface area contributed by atoms with Crippen LogP contribution in [0.2, 0.25) is 0 Å². The molecule has 1 aromatic rings. The maximum absolute atomic E-state index is 12.8. The summed E-state index contributed by atoms with van der Waals surface area (Å²) < 4.78 is 18.5. The Labute approximate surface area is 113 Å². The summed E-state index contributed by atoms with van der Waals surface area (Å²) in [5, 5.41) is 12.6. The zero-order chi connectivity index (χ0) is 13.9. The van der Waals surface area contributed by atoms with Gasteiger partial charge in [-0.2, -0.15) is 5.26 Å². The third-order valence-corrected chi connectivity index (χ3v) is 3.19. The molecular formula is C15H19FN2O. The normalized spacial score (nSPS) is 19.3. The maximum Gasteiger partial charge on any atom is 0.123 e. The van der Waals surface area contributed by atoms with Crippen LogP contribution in [-0.4, -0.2) is 17.7 Å². The first-order chi connectivity index (χ1) is 9.00. The molecule has 0 aromatic heterocycles. The van der Waals surface area contributed by atoms with Crippen LogP contribution in [0.1, 0.15) is 33.1 Å². The van der Waals surface area contributed by atoms with Crippen molar-refractivity contribution >= 4 is 0 Å². The Balaban J connectivity index is 1.90. The van der Waals surface area contributed by atoms with Crippen molar-refractivity contribution in [1.29, 1.82) is 5.26 Å². The summed E-state index contributed by atoms with van der Waals surface area (Å²) in [5.74, 6) is 0.345. The van der Waals surface area contributed by atoms with E-state index in [2.05, 4.69) is 11.4 Å². The fourth-order valence-electron chi connectivity index (χ4n) is 2.18. The highest BCUT2D eigenvalue weighted by molar-refractivity contribution is 5.22. The van der Waals surface area contributed by atoms with Crippen LogP contribution in [-0.2, 0) is 0 Å². The summed E-state index contributed by atoms with van der Waals surface area (Å²) in [4.78, 5) is 0. The monoisotopic (exact) mass is 262 g/mol. The van der Waals surface area contributed by atoms with E-state index in [4.69, 9.17) is 4.74 Å². The van der Waals surface area contributed by atoms with Crippen LogP contribution >= 0.6 is 0 Å². The smallest absolute Gasteiger partial charge is 0.123 e. The Morgan fingerprint density at radius 3 is 2.63 bits per heavy atom. The van der Waals surface area contributed by atoms with Gasteiger partial charge >= 0.3 is 0 Å². The highest BCUT2D eigenvalue weighted by atomic mass is 19.1. The van der Waals surface area contributed by atoms with Gasteiger partial charge in [-0.05, 0) is 51.0 Å². The lowest BCUT2D eigenvalue weighted by Crippen LogP contribution is -2.45. The van der Waals surface area contributed by atoms with Gasteiger partial charge in [-0.15, -0.1) is 0 Å². The second-order valence-electron chi connectivity index (χ2n) is 5.45. The topological polar surface area (TPSA) is 45.0 Å². The van der Waals surface area contributed by atoms with Crippen molar-refractivity contribution in [2.24, 2.45) is 0 Å². The van der Waals surface area contributed by atoms with Crippen LogP contribution in [0.15, 0.2) is 24.3 Å². The van der Waals surface area contributed by atoms with Crippen LogP contribution < -0.4 is 10.1 Å². The van der Waals surface area contributed by atoms with Gasteiger partial charge in [0.05, 0.1) is 12.2 Å². The molecular weight excluding hydrogens is 243 g/mol. The van der Waals surface area contributed by atoms with Crippen molar-refractivity contribution in [3.05, 3.63) is 30.1 Å². The molecule has 1 aliphatic rings. The van der Waals surface area contributed by atoms with E-state index in [0.29, 0.717) is 18.2 Å². The second kappa shape index (κ2) is 5.58. The lowest BCUT2D eigenvalue weighted by Gasteiger charge is -2.27. The minimum atomic E-state index is -0.569. The quantitative estimate of drug-likeness (QED) is 0.857. The van der Waals surface area contributed by atoms with E-state index in [0.717, 1.165) is 12.8 Å². The first-order valence-corrected chi connectivity index (χ1v) is 6.62. The number of rotatable bonds is 6. The standard InChI is InChI=1S/C15H19FN2O/c1-11(19-14-7-3-12(16)4-8-14)9-15(2,10-17)18-13-5-6-13/h3-4,7-8,11,13,18H,5-6,9H2,1-2H3. The first kappa shape index (κ1) is 13.8. The highest BCUT2D eigenvalue weighted by Crippen LogP contribution is 2.25. The van der Waals surface area contributed by atoms with Crippen LogP contribution in [0.4, 0.5) is 4.39 Å². The zero-order valence-electron chi connectivity index (χ0n) is 11.3. The maximum atomic E-state index is 12.8. The number of benzene rings is 1. The number of nitrogens with one attached hydrogen (secondary N) is 1. The molecule has 0 amide bonds. The summed E-state index contributed by atoms with van der Waals surface area (Å²) in [5.41, 5.74) is -0.569. The molecule has 0 bridgehead atoms. The zero-order valence-corrected chi connectivity index (χ0v) is 11.3. The van der Waals surface area contributed by atoms with E-state index in [1.54, 1.807) is 12.1 Å². The van der Waals surface area contributed by atoms with Gasteiger partial charge in [0.25, 0.3) is 0 Å². The van der Waals surface area contributed by atoms with E-state index >= 15 is 0 Å². The van der Waals surface area contributed by atoms with Gasteiger partial charge in [0, 0.05) is 12.5 Å². The Morgan fingerprint density at radius 1 is 1.47 bits per heavy atom. The van der Waals surface area contributed by atoms with E-state index in [1.807, 2.05) is 13.8 Å². The van der Waals surface area contributed by atoms with E-state index in [1.165, 1.54) is 12.1 Å². The molecule has 1 N–H and O–H groups in total. The average Bonchev–Trinajstić information content (AvgIpc) is 3.15. The molecule has 4 heteroatoms. The molecule has 3 nitrogen and oxygen atoms in total. The molecule has 0 heterocycles. The minimum absolute atomic E-state index is 0.110. The van der Waals surface area contributed by atoms with Crippen LogP contribution in [0.5, 0.6) is 5.75 Å². The van der Waals surface area contributed by atoms with Gasteiger partial charge in [-0.1, -0.05) is 0 Å². The van der Waals surface area contributed by atoms with Gasteiger partial charge in [-0.25, -0.2) is 4.39 Å². The lowest BCUT2D eigenvalue weighted by atomic mass is 9.96. The van der Waals surface area contributed by atoms with Crippen LogP contribution in [0.3, 0.4) is 0 Å². The van der Waals surface area contributed by atoms with E-state index in [9.17, 15) is 9.65 Å². The molecule has 102 valence electrons. The number of ether oxygens (including phenoxy) is 1. The fraction of sp³-hybridized carbons (Fsp3) is 0.533. The van der Waals surface area contributed by atoms with Crippen molar-refractivity contribution in [3.8, 4) is 11.8 Å². The molecule has 2 unspecified atom stereocenters. The number of nitrogens with zero attached hydrogens (tertiary/aromatic N) is 1. The molecule has 1 aromatic carbocycles. The molecule has 2 atom stereocenters. The Hall–Kier alpha value is -1.60. The fourth-order valence-corrected chi connectivity index (χ4v) is 2.18. The third kappa shape index (κ3) is 4.22. The number of halogens is 1. The lowest BCUT2D eigenvalue weighted by molar-refractivity contribution is 0.179. The number of nitriles is 1. The second-order valence-corrected chi connectivity index (χ2v) is 5.45. The molecule has 2 rings (SSSR count). The van der Waals surface area contributed by atoms with Gasteiger partial charge in [0.15, 0.2) is 0 Å². The van der Waals surface area contributed by atoms with Crippen molar-refractivity contribution in [1.82, 2.24) is 5.32 Å². The molecule has 1 saturated carbocycles. The van der Waals surface area contributed by atoms with Crippen molar-refractivity contribution in [2.45, 2.75) is 50.8 Å². The van der Waals surface area contributed by atoms with Crippen LogP contribution in [0.25, 0.3) is 0 Å². The molecule has 1 fully saturated rings. The third-order valence-electron chi connectivity index (χ3n) is 3.19. The highest BCUT2D eigenvalue weighted by Gasteiger charge is 2.34.